The smallest absolute Gasteiger partial charge is 0.257 e. The molecule has 4 atom stereocenters. The van der Waals surface area contributed by atoms with Crippen molar-refractivity contribution in [1.29, 1.82) is 0 Å². The third-order valence-corrected chi connectivity index (χ3v) is 5.65. The molecule has 1 saturated heterocycles. The standard InChI is InChI=1S/C21H22N8O4/c1-10-4-3-6-23-18(10)26-20(32)16-14(30)15(31)21(33-16)29-8-11(12-5-7-28(2)27-12)13-17(22)24-9-25-19(13)29/h3-9,14-16,21,30-31H,1-2H3,(H2,22,24,25)(H,23,26,32)/t14-,15+,16-,21+/m0/s1. The van der Waals surface area contributed by atoms with Gasteiger partial charge in [0.25, 0.3) is 5.91 Å². The van der Waals surface area contributed by atoms with Crippen molar-refractivity contribution in [3.8, 4) is 11.3 Å². The monoisotopic (exact) mass is 450 g/mol. The number of carbonyl (C=O) groups excluding carboxylic acids is 1. The molecule has 1 aliphatic rings. The number of fused-ring (bicyclic) bond motifs is 1. The number of nitrogens with zero attached hydrogens (tertiary/aromatic N) is 6. The molecule has 5 rings (SSSR count). The van der Waals surface area contributed by atoms with Gasteiger partial charge in [0.2, 0.25) is 0 Å². The summed E-state index contributed by atoms with van der Waals surface area (Å²) in [6.45, 7) is 1.79. The molecule has 4 aromatic heterocycles. The van der Waals surface area contributed by atoms with E-state index in [1.54, 1.807) is 55.4 Å². The number of rotatable bonds is 4. The minimum Gasteiger partial charge on any atom is -0.387 e. The number of aliphatic hydroxyl groups excluding tert-OH is 2. The fourth-order valence-electron chi connectivity index (χ4n) is 3.97. The van der Waals surface area contributed by atoms with Crippen LogP contribution < -0.4 is 11.1 Å². The van der Waals surface area contributed by atoms with Gasteiger partial charge in [0.05, 0.1) is 11.1 Å². The van der Waals surface area contributed by atoms with Crippen molar-refractivity contribution in [2.75, 3.05) is 11.1 Å². The van der Waals surface area contributed by atoms with Crippen LogP contribution in [0.2, 0.25) is 0 Å². The maximum absolute atomic E-state index is 12.8. The highest BCUT2D eigenvalue weighted by molar-refractivity contribution is 6.00. The topological polar surface area (TPSA) is 166 Å². The Morgan fingerprint density at radius 3 is 2.76 bits per heavy atom. The van der Waals surface area contributed by atoms with Crippen LogP contribution >= 0.6 is 0 Å². The number of nitrogens with one attached hydrogen (secondary N) is 1. The van der Waals surface area contributed by atoms with Gasteiger partial charge >= 0.3 is 0 Å². The van der Waals surface area contributed by atoms with E-state index in [0.717, 1.165) is 5.56 Å². The van der Waals surface area contributed by atoms with Crippen molar-refractivity contribution in [3.63, 3.8) is 0 Å². The van der Waals surface area contributed by atoms with Crippen molar-refractivity contribution in [2.24, 2.45) is 7.05 Å². The summed E-state index contributed by atoms with van der Waals surface area (Å²) in [6, 6.07) is 5.34. The molecule has 0 spiro atoms. The molecule has 4 aromatic rings. The molecule has 33 heavy (non-hydrogen) atoms. The Balaban J connectivity index is 1.51. The van der Waals surface area contributed by atoms with Crippen LogP contribution in [0.4, 0.5) is 11.6 Å². The fraction of sp³-hybridized carbons (Fsp3) is 0.286. The van der Waals surface area contributed by atoms with Crippen LogP contribution in [0.3, 0.4) is 0 Å². The lowest BCUT2D eigenvalue weighted by atomic mass is 10.1. The lowest BCUT2D eigenvalue weighted by molar-refractivity contribution is -0.132. The van der Waals surface area contributed by atoms with Crippen LogP contribution in [0.1, 0.15) is 11.8 Å². The summed E-state index contributed by atoms with van der Waals surface area (Å²) in [4.78, 5) is 25.3. The molecule has 12 nitrogen and oxygen atoms in total. The van der Waals surface area contributed by atoms with Crippen LogP contribution in [0.15, 0.2) is 43.1 Å². The molecule has 1 aliphatic heterocycles. The van der Waals surface area contributed by atoms with Gasteiger partial charge in [-0.1, -0.05) is 6.07 Å². The van der Waals surface area contributed by atoms with Gasteiger partial charge in [-0.2, -0.15) is 5.10 Å². The Bertz CT molecular complexity index is 1350. The molecule has 0 radical (unpaired) electrons. The first-order valence-electron chi connectivity index (χ1n) is 10.2. The van der Waals surface area contributed by atoms with Gasteiger partial charge in [0.15, 0.2) is 12.3 Å². The van der Waals surface area contributed by atoms with Gasteiger partial charge in [-0.05, 0) is 24.6 Å². The normalized spacial score (nSPS) is 22.7. The summed E-state index contributed by atoms with van der Waals surface area (Å²) in [5.74, 6) is -0.0469. The number of nitrogen functional groups attached to an aromatic ring is 1. The zero-order chi connectivity index (χ0) is 23.3. The van der Waals surface area contributed by atoms with Gasteiger partial charge in [0.1, 0.15) is 35.8 Å². The van der Waals surface area contributed by atoms with E-state index in [0.29, 0.717) is 28.1 Å². The lowest BCUT2D eigenvalue weighted by Crippen LogP contribution is -2.39. The molecule has 0 unspecified atom stereocenters. The van der Waals surface area contributed by atoms with Gasteiger partial charge in [-0.25, -0.2) is 15.0 Å². The maximum Gasteiger partial charge on any atom is 0.257 e. The molecule has 12 heteroatoms. The zero-order valence-electron chi connectivity index (χ0n) is 17.8. The first kappa shape index (κ1) is 21.0. The summed E-state index contributed by atoms with van der Waals surface area (Å²) in [6.07, 6.45) is 0.966. The number of aliphatic hydroxyl groups is 2. The second kappa shape index (κ2) is 7.92. The van der Waals surface area contributed by atoms with Crippen LogP contribution in [0.5, 0.6) is 0 Å². The Labute approximate surface area is 187 Å². The van der Waals surface area contributed by atoms with E-state index in [9.17, 15) is 15.0 Å². The second-order valence-corrected chi connectivity index (χ2v) is 7.87. The van der Waals surface area contributed by atoms with E-state index in [4.69, 9.17) is 10.5 Å². The van der Waals surface area contributed by atoms with Gasteiger partial charge < -0.3 is 30.6 Å². The Morgan fingerprint density at radius 2 is 2.03 bits per heavy atom. The number of aryl methyl sites for hydroxylation is 2. The van der Waals surface area contributed by atoms with Crippen molar-refractivity contribution < 1.29 is 19.7 Å². The Hall–Kier alpha value is -3.87. The highest BCUT2D eigenvalue weighted by Gasteiger charge is 2.48. The molecule has 1 fully saturated rings. The van der Waals surface area contributed by atoms with E-state index in [-0.39, 0.29) is 5.82 Å². The predicted octanol–water partition coefficient (Wildman–Crippen LogP) is 0.375. The third kappa shape index (κ3) is 3.50. The molecular formula is C21H22N8O4. The minimum atomic E-state index is -1.48. The van der Waals surface area contributed by atoms with E-state index >= 15 is 0 Å². The van der Waals surface area contributed by atoms with Crippen molar-refractivity contribution in [2.45, 2.75) is 31.5 Å². The number of amides is 1. The largest absolute Gasteiger partial charge is 0.387 e. The number of ether oxygens (including phenoxy) is 1. The Kier molecular flexibility index (Phi) is 5.04. The van der Waals surface area contributed by atoms with Crippen LogP contribution in [-0.2, 0) is 16.6 Å². The molecule has 170 valence electrons. The molecule has 0 saturated carbocycles. The summed E-state index contributed by atoms with van der Waals surface area (Å²) in [7, 11) is 1.79. The molecule has 0 aromatic carbocycles. The molecular weight excluding hydrogens is 428 g/mol. The summed E-state index contributed by atoms with van der Waals surface area (Å²) in [5.41, 5.74) is 8.50. The van der Waals surface area contributed by atoms with Crippen LogP contribution in [-0.4, -0.2) is 63.7 Å². The van der Waals surface area contributed by atoms with E-state index in [1.807, 2.05) is 0 Å². The van der Waals surface area contributed by atoms with Gasteiger partial charge in [-0.15, -0.1) is 0 Å². The number of aromatic nitrogens is 6. The van der Waals surface area contributed by atoms with Crippen molar-refractivity contribution >= 4 is 28.6 Å². The van der Waals surface area contributed by atoms with Crippen LogP contribution in [0, 0.1) is 6.92 Å². The third-order valence-electron chi connectivity index (χ3n) is 5.65. The number of anilines is 2. The second-order valence-electron chi connectivity index (χ2n) is 7.87. The highest BCUT2D eigenvalue weighted by atomic mass is 16.6. The highest BCUT2D eigenvalue weighted by Crippen LogP contribution is 2.38. The van der Waals surface area contributed by atoms with E-state index in [2.05, 4.69) is 25.4 Å². The minimum absolute atomic E-state index is 0.229. The molecule has 0 bridgehead atoms. The number of nitrogens with two attached hydrogens (primary N) is 1. The SMILES string of the molecule is Cc1cccnc1NC(=O)[C@H]1O[C@@H](n2cc(-c3ccn(C)n3)c3c(N)ncnc32)[C@H](O)[C@@H]1O. The zero-order valence-corrected chi connectivity index (χ0v) is 17.8. The quantitative estimate of drug-likeness (QED) is 0.344. The Morgan fingerprint density at radius 1 is 1.21 bits per heavy atom. The summed E-state index contributed by atoms with van der Waals surface area (Å²) >= 11 is 0. The fourth-order valence-corrected chi connectivity index (χ4v) is 3.97. The molecule has 1 amide bonds. The first-order valence-corrected chi connectivity index (χ1v) is 10.2. The number of pyridine rings is 1. The maximum atomic E-state index is 12.8. The number of hydrogen-bond acceptors (Lipinski definition) is 9. The van der Waals surface area contributed by atoms with E-state index < -0.39 is 30.4 Å². The van der Waals surface area contributed by atoms with Crippen molar-refractivity contribution in [3.05, 3.63) is 48.7 Å². The van der Waals surface area contributed by atoms with Gasteiger partial charge in [-0.3, -0.25) is 9.48 Å². The predicted molar refractivity (Wildman–Crippen MR) is 118 cm³/mol. The van der Waals surface area contributed by atoms with Gasteiger partial charge in [0, 0.05) is 31.2 Å². The first-order chi connectivity index (χ1) is 15.8. The lowest BCUT2D eigenvalue weighted by Gasteiger charge is -2.17. The average molecular weight is 450 g/mol. The molecule has 5 heterocycles. The average Bonchev–Trinajstić information content (AvgIpc) is 3.47. The number of hydrogen-bond donors (Lipinski definition) is 4. The molecule has 5 N–H and O–H groups in total. The number of carbonyl (C=O) groups is 1. The summed E-state index contributed by atoms with van der Waals surface area (Å²) in [5, 5.41) is 29.0. The molecule has 0 aliphatic carbocycles. The summed E-state index contributed by atoms with van der Waals surface area (Å²) < 4.78 is 9.02. The van der Waals surface area contributed by atoms with Crippen LogP contribution in [0.25, 0.3) is 22.3 Å². The van der Waals surface area contributed by atoms with Crippen molar-refractivity contribution in [1.82, 2.24) is 29.3 Å². The van der Waals surface area contributed by atoms with E-state index in [1.165, 1.54) is 10.9 Å².